The second kappa shape index (κ2) is 10.3. The van der Waals surface area contributed by atoms with Crippen LogP contribution in [0.4, 0.5) is 0 Å². The van der Waals surface area contributed by atoms with E-state index >= 15 is 0 Å². The molecular weight excluding hydrogens is 479 g/mol. The van der Waals surface area contributed by atoms with E-state index in [1.807, 2.05) is 79.7 Å². The van der Waals surface area contributed by atoms with Crippen LogP contribution in [0.1, 0.15) is 42.0 Å². The third-order valence-electron chi connectivity index (χ3n) is 6.53. The molecule has 178 valence electrons. The zero-order valence-corrected chi connectivity index (χ0v) is 21.0. The van der Waals surface area contributed by atoms with Crippen LogP contribution in [0.3, 0.4) is 0 Å². The number of fused-ring (bicyclic) bond motifs is 1. The second-order valence-corrected chi connectivity index (χ2v) is 9.92. The Kier molecular flexibility index (Phi) is 6.94. The predicted octanol–water partition coefficient (Wildman–Crippen LogP) is 7.50. The summed E-state index contributed by atoms with van der Waals surface area (Å²) in [4.78, 5) is 13.4. The average Bonchev–Trinajstić information content (AvgIpc) is 3.25. The molecule has 0 aromatic heterocycles. The average molecular weight is 505 g/mol. The topological polar surface area (TPSA) is 41.9 Å². The molecule has 0 saturated heterocycles. The van der Waals surface area contributed by atoms with Crippen LogP contribution in [0.15, 0.2) is 83.5 Å². The van der Waals surface area contributed by atoms with Gasteiger partial charge in [-0.15, -0.1) is 0 Å². The molecule has 1 heterocycles. The fraction of sp³-hybridized carbons (Fsp3) is 0.241. The summed E-state index contributed by atoms with van der Waals surface area (Å²) in [6.07, 6.45) is 5.09. The molecule has 6 heteroatoms. The normalized spacial score (nSPS) is 20.5. The van der Waals surface area contributed by atoms with E-state index in [1.54, 1.807) is 5.01 Å². The number of hydrogen-bond donors (Lipinski definition) is 0. The van der Waals surface area contributed by atoms with E-state index in [0.29, 0.717) is 15.8 Å². The van der Waals surface area contributed by atoms with Crippen LogP contribution in [0.25, 0.3) is 6.08 Å². The van der Waals surface area contributed by atoms with Crippen LogP contribution >= 0.6 is 23.2 Å². The molecule has 5 rings (SSSR count). The molecule has 1 aliphatic heterocycles. The van der Waals surface area contributed by atoms with Crippen molar-refractivity contribution < 1.29 is 9.53 Å². The summed E-state index contributed by atoms with van der Waals surface area (Å²) >= 11 is 12.2. The van der Waals surface area contributed by atoms with Gasteiger partial charge in [-0.1, -0.05) is 59.6 Å². The molecule has 0 bridgehead atoms. The minimum absolute atomic E-state index is 0.0761. The van der Waals surface area contributed by atoms with Crippen LogP contribution in [0.2, 0.25) is 10.0 Å². The number of carbonyl (C=O) groups is 1. The molecule has 1 amide bonds. The molecule has 2 unspecified atom stereocenters. The highest BCUT2D eigenvalue weighted by molar-refractivity contribution is 6.30. The first-order valence-corrected chi connectivity index (χ1v) is 12.6. The van der Waals surface area contributed by atoms with E-state index < -0.39 is 0 Å². The maximum atomic E-state index is 13.4. The van der Waals surface area contributed by atoms with E-state index in [-0.39, 0.29) is 24.5 Å². The lowest BCUT2D eigenvalue weighted by Gasteiger charge is -2.29. The number of carbonyl (C=O) groups excluding carboxylic acids is 1. The lowest BCUT2D eigenvalue weighted by Crippen LogP contribution is -2.34. The predicted molar refractivity (Wildman–Crippen MR) is 142 cm³/mol. The lowest BCUT2D eigenvalue weighted by molar-refractivity contribution is -0.135. The van der Waals surface area contributed by atoms with E-state index in [1.165, 1.54) is 0 Å². The summed E-state index contributed by atoms with van der Waals surface area (Å²) in [6.45, 7) is 1.92. The molecule has 4 nitrogen and oxygen atoms in total. The fourth-order valence-corrected chi connectivity index (χ4v) is 5.13. The van der Waals surface area contributed by atoms with E-state index in [2.05, 4.69) is 6.08 Å². The summed E-state index contributed by atoms with van der Waals surface area (Å²) in [7, 11) is 0. The highest BCUT2D eigenvalue weighted by Crippen LogP contribution is 2.44. The Morgan fingerprint density at radius 2 is 1.77 bits per heavy atom. The van der Waals surface area contributed by atoms with Gasteiger partial charge in [-0.05, 0) is 90.9 Å². The van der Waals surface area contributed by atoms with Crippen LogP contribution < -0.4 is 4.74 Å². The number of amides is 1. The van der Waals surface area contributed by atoms with E-state index in [0.717, 1.165) is 47.2 Å². The number of rotatable bonds is 5. The van der Waals surface area contributed by atoms with E-state index in [9.17, 15) is 4.79 Å². The summed E-state index contributed by atoms with van der Waals surface area (Å²) in [5, 5.41) is 7.91. The van der Waals surface area contributed by atoms with Gasteiger partial charge in [-0.2, -0.15) is 5.10 Å². The Hall–Kier alpha value is -3.08. The van der Waals surface area contributed by atoms with Crippen molar-refractivity contribution in [3.63, 3.8) is 0 Å². The van der Waals surface area contributed by atoms with Crippen molar-refractivity contribution in [2.45, 2.75) is 32.2 Å². The first-order valence-electron chi connectivity index (χ1n) is 11.8. The number of hydrazone groups is 1. The molecular formula is C29H26Cl2N2O2. The Labute approximate surface area is 215 Å². The minimum atomic E-state index is -0.190. The number of hydrogen-bond acceptors (Lipinski definition) is 3. The molecule has 1 aliphatic carbocycles. The molecule has 2 atom stereocenters. The summed E-state index contributed by atoms with van der Waals surface area (Å²) < 4.78 is 5.84. The van der Waals surface area contributed by atoms with Gasteiger partial charge in [-0.25, -0.2) is 5.01 Å². The quantitative estimate of drug-likeness (QED) is 0.360. The van der Waals surface area contributed by atoms with Crippen LogP contribution in [-0.2, 0) is 4.79 Å². The van der Waals surface area contributed by atoms with Gasteiger partial charge in [0.15, 0.2) is 6.61 Å². The maximum absolute atomic E-state index is 13.4. The molecule has 3 aromatic rings. The summed E-state index contributed by atoms with van der Waals surface area (Å²) in [5.41, 5.74) is 5.32. The zero-order valence-electron chi connectivity index (χ0n) is 19.5. The van der Waals surface area contributed by atoms with Crippen molar-refractivity contribution in [2.24, 2.45) is 11.0 Å². The number of allylic oxidation sites excluding steroid dienone is 1. The molecule has 3 aromatic carbocycles. The number of benzene rings is 3. The second-order valence-electron chi connectivity index (χ2n) is 9.04. The van der Waals surface area contributed by atoms with Crippen molar-refractivity contribution in [2.75, 3.05) is 6.61 Å². The van der Waals surface area contributed by atoms with Crippen molar-refractivity contribution in [1.29, 1.82) is 0 Å². The Morgan fingerprint density at radius 3 is 2.49 bits per heavy atom. The largest absolute Gasteiger partial charge is 0.484 e. The molecule has 35 heavy (non-hydrogen) atoms. The molecule has 0 N–H and O–H groups in total. The molecule has 1 fully saturated rings. The maximum Gasteiger partial charge on any atom is 0.281 e. The number of aryl methyl sites for hydroxylation is 1. The van der Waals surface area contributed by atoms with Gasteiger partial charge in [-0.3, -0.25) is 4.79 Å². The number of nitrogens with zero attached hydrogens (tertiary/aromatic N) is 2. The van der Waals surface area contributed by atoms with Crippen molar-refractivity contribution >= 4 is 40.9 Å². The highest BCUT2D eigenvalue weighted by Gasteiger charge is 2.43. The molecule has 0 spiro atoms. The van der Waals surface area contributed by atoms with Crippen LogP contribution in [-0.4, -0.2) is 23.2 Å². The van der Waals surface area contributed by atoms with Crippen molar-refractivity contribution in [3.8, 4) is 5.75 Å². The zero-order chi connectivity index (χ0) is 24.4. The fourth-order valence-electron chi connectivity index (χ4n) is 4.88. The minimum Gasteiger partial charge on any atom is -0.484 e. The molecule has 1 saturated carbocycles. The first-order chi connectivity index (χ1) is 17.0. The lowest BCUT2D eigenvalue weighted by atomic mass is 9.77. The number of ether oxygens (including phenoxy) is 1. The van der Waals surface area contributed by atoms with Crippen molar-refractivity contribution in [1.82, 2.24) is 5.01 Å². The van der Waals surface area contributed by atoms with Gasteiger partial charge in [0.05, 0.1) is 11.8 Å². The van der Waals surface area contributed by atoms with E-state index in [4.69, 9.17) is 33.0 Å². The highest BCUT2D eigenvalue weighted by atomic mass is 35.5. The van der Waals surface area contributed by atoms with Gasteiger partial charge in [0, 0.05) is 16.0 Å². The van der Waals surface area contributed by atoms with Gasteiger partial charge in [0.1, 0.15) is 5.75 Å². The smallest absolute Gasteiger partial charge is 0.281 e. The van der Waals surface area contributed by atoms with Gasteiger partial charge < -0.3 is 4.74 Å². The van der Waals surface area contributed by atoms with Gasteiger partial charge in [0.25, 0.3) is 5.91 Å². The van der Waals surface area contributed by atoms with Gasteiger partial charge >= 0.3 is 0 Å². The van der Waals surface area contributed by atoms with Gasteiger partial charge in [0.2, 0.25) is 0 Å². The van der Waals surface area contributed by atoms with Crippen LogP contribution in [0.5, 0.6) is 5.75 Å². The third-order valence-corrected chi connectivity index (χ3v) is 7.04. The van der Waals surface area contributed by atoms with Crippen molar-refractivity contribution in [3.05, 3.63) is 105 Å². The Bertz CT molecular complexity index is 1280. The Morgan fingerprint density at radius 1 is 1.06 bits per heavy atom. The summed E-state index contributed by atoms with van der Waals surface area (Å²) in [6, 6.07) is 23.0. The molecule has 0 radical (unpaired) electrons. The standard InChI is InChI=1S/C29H26Cl2N2O2/c1-19-4-2-6-25(16-19)35-18-27(34)33-29(21-10-14-24(31)15-11-21)26-7-3-5-22(28(26)32-33)17-20-8-12-23(30)13-9-20/h2,4,6,8-17,26,29H,3,5,7,18H2,1H3/b22-17+. The monoisotopic (exact) mass is 504 g/mol. The third kappa shape index (κ3) is 5.29. The Balaban J connectivity index is 1.46. The SMILES string of the molecule is Cc1cccc(OCC(=O)N2N=C3/C(=C/c4ccc(Cl)cc4)CCCC3C2c2ccc(Cl)cc2)c1. The summed E-state index contributed by atoms with van der Waals surface area (Å²) in [5.74, 6) is 0.625. The number of halogens is 2. The molecule has 2 aliphatic rings. The van der Waals surface area contributed by atoms with Crippen LogP contribution in [0, 0.1) is 12.8 Å². The first kappa shape index (κ1) is 23.7.